The van der Waals surface area contributed by atoms with Crippen LogP contribution in [-0.4, -0.2) is 11.1 Å². The quantitative estimate of drug-likeness (QED) is 0.477. The van der Waals surface area contributed by atoms with E-state index < -0.39 is 4.92 Å². The average molecular weight is 258 g/mol. The Morgan fingerprint density at radius 2 is 1.89 bits per heavy atom. The number of rotatable bonds is 3. The second-order valence-corrected chi connectivity index (χ2v) is 4.04. The van der Waals surface area contributed by atoms with Crippen LogP contribution in [0.3, 0.4) is 0 Å². The Labute approximate surface area is 109 Å². The van der Waals surface area contributed by atoms with Crippen molar-refractivity contribution in [1.82, 2.24) is 0 Å². The number of nitro groups is 1. The zero-order valence-corrected chi connectivity index (χ0v) is 10.2. The van der Waals surface area contributed by atoms with Crippen LogP contribution in [0.25, 0.3) is 0 Å². The molecule has 0 saturated carbocycles. The summed E-state index contributed by atoms with van der Waals surface area (Å²) in [5.74, 6) is -0.302. The summed E-state index contributed by atoms with van der Waals surface area (Å²) in [6.45, 7) is 1.75. The van der Waals surface area contributed by atoms with E-state index in [0.29, 0.717) is 11.3 Å². The van der Waals surface area contributed by atoms with Gasteiger partial charge < -0.3 is 0 Å². The van der Waals surface area contributed by atoms with Crippen molar-refractivity contribution in [2.75, 3.05) is 0 Å². The maximum absolute atomic E-state index is 12.7. The number of nitro benzene ring substituents is 1. The first-order valence-corrected chi connectivity index (χ1v) is 5.61. The molecule has 0 radical (unpaired) electrons. The summed E-state index contributed by atoms with van der Waals surface area (Å²) in [4.78, 5) is 14.4. The van der Waals surface area contributed by atoms with Crippen LogP contribution in [0.2, 0.25) is 0 Å². The molecule has 0 amide bonds. The van der Waals surface area contributed by atoms with Crippen molar-refractivity contribution in [2.24, 2.45) is 4.99 Å². The molecule has 0 aliphatic rings. The highest BCUT2D eigenvalue weighted by Crippen LogP contribution is 2.23. The average Bonchev–Trinajstić information content (AvgIpc) is 2.39. The second-order valence-electron chi connectivity index (χ2n) is 4.04. The minimum Gasteiger partial charge on any atom is -0.258 e. The molecule has 0 saturated heterocycles. The van der Waals surface area contributed by atoms with Gasteiger partial charge in [-0.1, -0.05) is 12.1 Å². The van der Waals surface area contributed by atoms with Crippen molar-refractivity contribution in [1.29, 1.82) is 0 Å². The standard InChI is InChI=1S/C14H11FN2O2/c1-10-8-13(17(18)19)6-7-14(10)16-9-11-2-4-12(15)5-3-11/h2-9H,1H3. The van der Waals surface area contributed by atoms with Crippen molar-refractivity contribution < 1.29 is 9.31 Å². The molecule has 0 fully saturated rings. The molecule has 0 aliphatic heterocycles. The number of non-ortho nitro benzene ring substituents is 1. The van der Waals surface area contributed by atoms with E-state index in [1.807, 2.05) is 0 Å². The molecule has 4 nitrogen and oxygen atoms in total. The van der Waals surface area contributed by atoms with E-state index in [2.05, 4.69) is 4.99 Å². The van der Waals surface area contributed by atoms with Gasteiger partial charge in [0.25, 0.3) is 5.69 Å². The number of hydrogen-bond donors (Lipinski definition) is 0. The molecule has 0 N–H and O–H groups in total. The van der Waals surface area contributed by atoms with Crippen LogP contribution < -0.4 is 0 Å². The highest BCUT2D eigenvalue weighted by Gasteiger charge is 2.06. The molecule has 2 rings (SSSR count). The fraction of sp³-hybridized carbons (Fsp3) is 0.0714. The summed E-state index contributed by atoms with van der Waals surface area (Å²) in [7, 11) is 0. The van der Waals surface area contributed by atoms with Crippen LogP contribution in [0.1, 0.15) is 11.1 Å². The summed E-state index contributed by atoms with van der Waals surface area (Å²) < 4.78 is 12.7. The first-order chi connectivity index (χ1) is 9.06. The molecule has 0 aliphatic carbocycles. The van der Waals surface area contributed by atoms with Gasteiger partial charge in [0.05, 0.1) is 10.6 Å². The Morgan fingerprint density at radius 3 is 2.47 bits per heavy atom. The summed E-state index contributed by atoms with van der Waals surface area (Å²) in [5, 5.41) is 10.6. The molecule has 96 valence electrons. The SMILES string of the molecule is Cc1cc([N+](=O)[O-])ccc1N=Cc1ccc(F)cc1. The number of benzene rings is 2. The zero-order valence-electron chi connectivity index (χ0n) is 10.2. The normalized spacial score (nSPS) is 10.8. The van der Waals surface area contributed by atoms with Crippen LogP contribution >= 0.6 is 0 Å². The van der Waals surface area contributed by atoms with Gasteiger partial charge in [-0.2, -0.15) is 0 Å². The minimum absolute atomic E-state index is 0.0400. The fourth-order valence-corrected chi connectivity index (χ4v) is 1.59. The Morgan fingerprint density at radius 1 is 1.21 bits per heavy atom. The van der Waals surface area contributed by atoms with E-state index in [0.717, 1.165) is 5.56 Å². The van der Waals surface area contributed by atoms with Crippen LogP contribution in [0.5, 0.6) is 0 Å². The molecule has 19 heavy (non-hydrogen) atoms. The highest BCUT2D eigenvalue weighted by atomic mass is 19.1. The molecule has 2 aromatic carbocycles. The lowest BCUT2D eigenvalue weighted by Crippen LogP contribution is -1.88. The van der Waals surface area contributed by atoms with Crippen molar-refractivity contribution >= 4 is 17.6 Å². The molecule has 0 spiro atoms. The third-order valence-corrected chi connectivity index (χ3v) is 2.61. The van der Waals surface area contributed by atoms with E-state index in [-0.39, 0.29) is 11.5 Å². The molecule has 0 aromatic heterocycles. The molecule has 0 unspecified atom stereocenters. The van der Waals surface area contributed by atoms with Crippen LogP contribution in [0, 0.1) is 22.9 Å². The van der Waals surface area contributed by atoms with Crippen molar-refractivity contribution in [2.45, 2.75) is 6.92 Å². The monoisotopic (exact) mass is 258 g/mol. The fourth-order valence-electron chi connectivity index (χ4n) is 1.59. The molecule has 0 bridgehead atoms. The van der Waals surface area contributed by atoms with Gasteiger partial charge >= 0.3 is 0 Å². The Bertz CT molecular complexity index is 636. The number of hydrogen-bond acceptors (Lipinski definition) is 3. The maximum atomic E-state index is 12.7. The molecular formula is C14H11FN2O2. The van der Waals surface area contributed by atoms with E-state index in [9.17, 15) is 14.5 Å². The van der Waals surface area contributed by atoms with Gasteiger partial charge in [-0.05, 0) is 36.2 Å². The van der Waals surface area contributed by atoms with E-state index in [1.54, 1.807) is 31.3 Å². The molecule has 2 aromatic rings. The second kappa shape index (κ2) is 5.39. The van der Waals surface area contributed by atoms with Gasteiger partial charge in [0.2, 0.25) is 0 Å². The molecule has 0 heterocycles. The Hall–Kier alpha value is -2.56. The molecule has 0 atom stereocenters. The van der Waals surface area contributed by atoms with Crippen molar-refractivity contribution in [3.05, 3.63) is 69.5 Å². The Kier molecular flexibility index (Phi) is 3.66. The Balaban J connectivity index is 2.23. The predicted molar refractivity (Wildman–Crippen MR) is 71.5 cm³/mol. The van der Waals surface area contributed by atoms with Crippen molar-refractivity contribution in [3.8, 4) is 0 Å². The lowest BCUT2D eigenvalue weighted by Gasteiger charge is -1.99. The third kappa shape index (κ3) is 3.22. The van der Waals surface area contributed by atoms with Gasteiger partial charge in [0.1, 0.15) is 5.82 Å². The number of aryl methyl sites for hydroxylation is 1. The molecular weight excluding hydrogens is 247 g/mol. The zero-order chi connectivity index (χ0) is 13.8. The first kappa shape index (κ1) is 12.9. The number of aliphatic imine (C=N–C) groups is 1. The number of halogens is 1. The summed E-state index contributed by atoms with van der Waals surface area (Å²) in [6, 6.07) is 10.4. The molecule has 5 heteroatoms. The van der Waals surface area contributed by atoms with E-state index in [1.165, 1.54) is 24.3 Å². The lowest BCUT2D eigenvalue weighted by atomic mass is 10.2. The lowest BCUT2D eigenvalue weighted by molar-refractivity contribution is -0.384. The largest absolute Gasteiger partial charge is 0.269 e. The summed E-state index contributed by atoms with van der Waals surface area (Å²) >= 11 is 0. The van der Waals surface area contributed by atoms with Gasteiger partial charge in [-0.3, -0.25) is 15.1 Å². The van der Waals surface area contributed by atoms with Crippen LogP contribution in [0.15, 0.2) is 47.5 Å². The van der Waals surface area contributed by atoms with Gasteiger partial charge in [0.15, 0.2) is 0 Å². The summed E-state index contributed by atoms with van der Waals surface area (Å²) in [6.07, 6.45) is 1.59. The van der Waals surface area contributed by atoms with Crippen LogP contribution in [0.4, 0.5) is 15.8 Å². The highest BCUT2D eigenvalue weighted by molar-refractivity contribution is 5.82. The van der Waals surface area contributed by atoms with E-state index >= 15 is 0 Å². The number of nitrogens with zero attached hydrogens (tertiary/aromatic N) is 2. The smallest absolute Gasteiger partial charge is 0.258 e. The van der Waals surface area contributed by atoms with Gasteiger partial charge in [-0.15, -0.1) is 0 Å². The van der Waals surface area contributed by atoms with Gasteiger partial charge in [-0.25, -0.2) is 4.39 Å². The predicted octanol–water partition coefficient (Wildman–Crippen LogP) is 3.79. The maximum Gasteiger partial charge on any atom is 0.269 e. The summed E-state index contributed by atoms with van der Waals surface area (Å²) in [5.41, 5.74) is 2.17. The third-order valence-electron chi connectivity index (χ3n) is 2.61. The van der Waals surface area contributed by atoms with E-state index in [4.69, 9.17) is 0 Å². The van der Waals surface area contributed by atoms with Gasteiger partial charge in [0, 0.05) is 18.3 Å². The van der Waals surface area contributed by atoms with Crippen molar-refractivity contribution in [3.63, 3.8) is 0 Å². The topological polar surface area (TPSA) is 55.5 Å². The van der Waals surface area contributed by atoms with Crippen LogP contribution in [-0.2, 0) is 0 Å². The minimum atomic E-state index is -0.444. The first-order valence-electron chi connectivity index (χ1n) is 5.61.